The largest absolute Gasteiger partial charge is 0.497 e. The summed E-state index contributed by atoms with van der Waals surface area (Å²) < 4.78 is 18.9. The van der Waals surface area contributed by atoms with Gasteiger partial charge in [-0.05, 0) is 69.6 Å². The van der Waals surface area contributed by atoms with Crippen LogP contribution in [0.5, 0.6) is 11.5 Å². The van der Waals surface area contributed by atoms with E-state index in [9.17, 15) is 4.79 Å². The van der Waals surface area contributed by atoms with Crippen molar-refractivity contribution in [1.29, 1.82) is 0 Å². The molecular weight excluding hydrogens is 440 g/mol. The fourth-order valence-corrected chi connectivity index (χ4v) is 4.44. The third-order valence-corrected chi connectivity index (χ3v) is 6.10. The molecule has 1 aliphatic heterocycles. The molecule has 0 saturated carbocycles. The number of morpholine rings is 1. The van der Waals surface area contributed by atoms with Gasteiger partial charge in [-0.25, -0.2) is 0 Å². The Morgan fingerprint density at radius 2 is 1.73 bits per heavy atom. The number of carbonyl (C=O) groups excluding carboxylic acids is 1. The minimum absolute atomic E-state index is 0. The van der Waals surface area contributed by atoms with Crippen LogP contribution in [-0.4, -0.2) is 61.8 Å². The lowest BCUT2D eigenvalue weighted by Crippen LogP contribution is -2.36. The normalized spacial score (nSPS) is 14.2. The number of Topliss-reactive ketones (excluding diaryl/α,β-unsaturated/α-hetero) is 1. The molecular formula is C26H33ClN2O4. The molecule has 4 rings (SSSR count). The van der Waals surface area contributed by atoms with Crippen molar-refractivity contribution in [2.45, 2.75) is 26.7 Å². The second-order valence-electron chi connectivity index (χ2n) is 8.24. The second kappa shape index (κ2) is 11.5. The zero-order valence-electron chi connectivity index (χ0n) is 19.6. The molecule has 1 aliphatic rings. The molecule has 2 heterocycles. The van der Waals surface area contributed by atoms with Gasteiger partial charge in [-0.2, -0.15) is 0 Å². The first-order valence-corrected chi connectivity index (χ1v) is 11.3. The van der Waals surface area contributed by atoms with Crippen molar-refractivity contribution in [2.24, 2.45) is 0 Å². The van der Waals surface area contributed by atoms with Crippen LogP contribution < -0.4 is 9.47 Å². The molecule has 3 aromatic rings. The lowest BCUT2D eigenvalue weighted by molar-refractivity contribution is 0.0368. The zero-order chi connectivity index (χ0) is 22.5. The number of hydrogen-bond acceptors (Lipinski definition) is 5. The van der Waals surface area contributed by atoms with E-state index in [4.69, 9.17) is 14.2 Å². The van der Waals surface area contributed by atoms with Crippen molar-refractivity contribution >= 4 is 29.1 Å². The number of benzene rings is 2. The number of halogens is 1. The third kappa shape index (κ3) is 5.69. The van der Waals surface area contributed by atoms with E-state index in [0.29, 0.717) is 6.61 Å². The summed E-state index contributed by atoms with van der Waals surface area (Å²) in [5.74, 6) is 1.69. The highest BCUT2D eigenvalue weighted by Gasteiger charge is 2.19. The Labute approximate surface area is 201 Å². The van der Waals surface area contributed by atoms with Crippen molar-refractivity contribution < 1.29 is 19.0 Å². The van der Waals surface area contributed by atoms with Crippen molar-refractivity contribution in [3.63, 3.8) is 0 Å². The molecule has 1 saturated heterocycles. The fraction of sp³-hybridized carbons (Fsp3) is 0.423. The van der Waals surface area contributed by atoms with Crippen LogP contribution in [0.15, 0.2) is 42.5 Å². The molecule has 0 unspecified atom stereocenters. The van der Waals surface area contributed by atoms with E-state index in [1.165, 1.54) is 0 Å². The Morgan fingerprint density at radius 3 is 2.39 bits per heavy atom. The first-order valence-electron chi connectivity index (χ1n) is 11.3. The molecule has 1 fully saturated rings. The van der Waals surface area contributed by atoms with Gasteiger partial charge in [0.25, 0.3) is 0 Å². The van der Waals surface area contributed by atoms with Crippen molar-refractivity contribution in [3.05, 3.63) is 53.7 Å². The summed E-state index contributed by atoms with van der Waals surface area (Å²) >= 11 is 0. The molecule has 0 bridgehead atoms. The summed E-state index contributed by atoms with van der Waals surface area (Å²) in [6.07, 6.45) is 2.16. The summed E-state index contributed by atoms with van der Waals surface area (Å²) in [5, 5.41) is 0.941. The molecule has 2 aromatic carbocycles. The Bertz CT molecular complexity index is 1070. The van der Waals surface area contributed by atoms with Crippen LogP contribution in [0.25, 0.3) is 16.6 Å². The maximum atomic E-state index is 12.3. The molecule has 178 valence electrons. The minimum atomic E-state index is 0. The molecule has 6 nitrogen and oxygen atoms in total. The van der Waals surface area contributed by atoms with E-state index in [0.717, 1.165) is 85.0 Å². The molecule has 33 heavy (non-hydrogen) atoms. The van der Waals surface area contributed by atoms with E-state index in [2.05, 4.69) is 9.47 Å². The van der Waals surface area contributed by atoms with Crippen molar-refractivity contribution in [2.75, 3.05) is 46.6 Å². The van der Waals surface area contributed by atoms with Gasteiger partial charge < -0.3 is 18.8 Å². The molecule has 0 amide bonds. The number of rotatable bonds is 9. The standard InChI is InChI=1S/C26H32N2O4.ClH/c1-19-26(20(2)29)24-11-10-23(30-3)18-25(24)28(19)21-6-8-22(9-7-21)32-15-5-4-12-27-13-16-31-17-14-27;/h6-11,18H,4-5,12-17H2,1-3H3;1H. The third-order valence-electron chi connectivity index (χ3n) is 6.10. The highest BCUT2D eigenvalue weighted by atomic mass is 35.5. The number of hydrogen-bond donors (Lipinski definition) is 0. The highest BCUT2D eigenvalue weighted by molar-refractivity contribution is 6.09. The topological polar surface area (TPSA) is 52.9 Å². The van der Waals surface area contributed by atoms with Gasteiger partial charge in [-0.1, -0.05) is 0 Å². The van der Waals surface area contributed by atoms with Gasteiger partial charge in [0, 0.05) is 41.5 Å². The van der Waals surface area contributed by atoms with Gasteiger partial charge in [0.15, 0.2) is 5.78 Å². The van der Waals surface area contributed by atoms with Gasteiger partial charge in [-0.3, -0.25) is 9.69 Å². The number of aromatic nitrogens is 1. The van der Waals surface area contributed by atoms with Crippen LogP contribution in [0.3, 0.4) is 0 Å². The van der Waals surface area contributed by atoms with Gasteiger partial charge in [-0.15, -0.1) is 12.4 Å². The van der Waals surface area contributed by atoms with Gasteiger partial charge >= 0.3 is 0 Å². The minimum Gasteiger partial charge on any atom is -0.497 e. The molecule has 0 radical (unpaired) electrons. The summed E-state index contributed by atoms with van der Waals surface area (Å²) in [4.78, 5) is 14.8. The first kappa shape index (κ1) is 25.1. The average molecular weight is 473 g/mol. The second-order valence-corrected chi connectivity index (χ2v) is 8.24. The predicted molar refractivity (Wildman–Crippen MR) is 134 cm³/mol. The molecule has 0 N–H and O–H groups in total. The van der Waals surface area contributed by atoms with Gasteiger partial charge in [0.1, 0.15) is 11.5 Å². The monoisotopic (exact) mass is 472 g/mol. The molecule has 7 heteroatoms. The van der Waals surface area contributed by atoms with Crippen molar-refractivity contribution in [3.8, 4) is 17.2 Å². The zero-order valence-corrected chi connectivity index (χ0v) is 20.5. The molecule has 1 aromatic heterocycles. The smallest absolute Gasteiger partial charge is 0.162 e. The maximum Gasteiger partial charge on any atom is 0.162 e. The highest BCUT2D eigenvalue weighted by Crippen LogP contribution is 2.32. The van der Waals surface area contributed by atoms with Crippen LogP contribution in [0, 0.1) is 6.92 Å². The van der Waals surface area contributed by atoms with Crippen LogP contribution in [-0.2, 0) is 4.74 Å². The Morgan fingerprint density at radius 1 is 1.03 bits per heavy atom. The molecule has 0 spiro atoms. The van der Waals surface area contributed by atoms with E-state index >= 15 is 0 Å². The molecule has 0 aliphatic carbocycles. The summed E-state index contributed by atoms with van der Waals surface area (Å²) in [6.45, 7) is 9.18. The summed E-state index contributed by atoms with van der Waals surface area (Å²) in [6, 6.07) is 13.9. The number of ketones is 1. The number of unbranched alkanes of at least 4 members (excludes halogenated alkanes) is 1. The quantitative estimate of drug-likeness (QED) is 0.321. The van der Waals surface area contributed by atoms with Crippen molar-refractivity contribution in [1.82, 2.24) is 9.47 Å². The fourth-order valence-electron chi connectivity index (χ4n) is 4.44. The van der Waals surface area contributed by atoms with Gasteiger partial charge in [0.2, 0.25) is 0 Å². The SMILES string of the molecule is COc1ccc2c(C(C)=O)c(C)n(-c3ccc(OCCCCN4CCOCC4)cc3)c2c1.Cl. The lowest BCUT2D eigenvalue weighted by atomic mass is 10.1. The molecule has 0 atom stereocenters. The Balaban J connectivity index is 0.00000306. The maximum absolute atomic E-state index is 12.3. The Hall–Kier alpha value is -2.54. The van der Waals surface area contributed by atoms with E-state index in [1.54, 1.807) is 14.0 Å². The van der Waals surface area contributed by atoms with E-state index in [1.807, 2.05) is 49.4 Å². The predicted octanol–water partition coefficient (Wildman–Crippen LogP) is 5.06. The number of ether oxygens (including phenoxy) is 3. The number of methoxy groups -OCH3 is 1. The van der Waals surface area contributed by atoms with E-state index in [-0.39, 0.29) is 18.2 Å². The average Bonchev–Trinajstić information content (AvgIpc) is 3.11. The summed E-state index contributed by atoms with van der Waals surface area (Å²) in [7, 11) is 1.65. The summed E-state index contributed by atoms with van der Waals surface area (Å²) in [5.41, 5.74) is 3.64. The van der Waals surface area contributed by atoms with E-state index < -0.39 is 0 Å². The Kier molecular flexibility index (Phi) is 8.78. The van der Waals surface area contributed by atoms with Crippen LogP contribution in [0.4, 0.5) is 0 Å². The number of fused-ring (bicyclic) bond motifs is 1. The number of nitrogens with zero attached hydrogens (tertiary/aromatic N) is 2. The van der Waals surface area contributed by atoms with Crippen LogP contribution >= 0.6 is 12.4 Å². The first-order chi connectivity index (χ1) is 15.6. The van der Waals surface area contributed by atoms with Crippen LogP contribution in [0.1, 0.15) is 35.8 Å². The van der Waals surface area contributed by atoms with Crippen LogP contribution in [0.2, 0.25) is 0 Å². The lowest BCUT2D eigenvalue weighted by Gasteiger charge is -2.26. The number of carbonyl (C=O) groups is 1. The van der Waals surface area contributed by atoms with Gasteiger partial charge in [0.05, 0.1) is 32.4 Å².